The SMILES string of the molecule is O=C(Nc1cnn(Cc2ccccc2)c1)c1cccc(COc2ccc(Cl)cc2)c1. The third-order valence-corrected chi connectivity index (χ3v) is 4.74. The van der Waals surface area contributed by atoms with Crippen LogP contribution in [0.1, 0.15) is 21.5 Å². The lowest BCUT2D eigenvalue weighted by Crippen LogP contribution is -2.12. The van der Waals surface area contributed by atoms with Gasteiger partial charge in [0, 0.05) is 16.8 Å². The number of ether oxygens (including phenoxy) is 1. The van der Waals surface area contributed by atoms with E-state index in [-0.39, 0.29) is 5.91 Å². The smallest absolute Gasteiger partial charge is 0.255 e. The molecule has 0 aliphatic rings. The molecule has 0 radical (unpaired) electrons. The lowest BCUT2D eigenvalue weighted by atomic mass is 10.1. The van der Waals surface area contributed by atoms with Crippen LogP contribution >= 0.6 is 11.6 Å². The second-order valence-corrected chi connectivity index (χ2v) is 7.25. The minimum atomic E-state index is -0.192. The van der Waals surface area contributed by atoms with Crippen LogP contribution in [0.5, 0.6) is 5.75 Å². The van der Waals surface area contributed by atoms with Crippen LogP contribution < -0.4 is 10.1 Å². The number of nitrogens with one attached hydrogen (secondary N) is 1. The van der Waals surface area contributed by atoms with E-state index in [2.05, 4.69) is 10.4 Å². The summed E-state index contributed by atoms with van der Waals surface area (Å²) in [5, 5.41) is 7.87. The number of hydrogen-bond acceptors (Lipinski definition) is 3. The van der Waals surface area contributed by atoms with Crippen LogP contribution in [-0.2, 0) is 13.2 Å². The van der Waals surface area contributed by atoms with Gasteiger partial charge in [-0.25, -0.2) is 0 Å². The Morgan fingerprint density at radius 2 is 1.73 bits per heavy atom. The van der Waals surface area contributed by atoms with E-state index in [1.165, 1.54) is 0 Å². The normalized spacial score (nSPS) is 10.6. The number of halogens is 1. The van der Waals surface area contributed by atoms with Gasteiger partial charge in [0.2, 0.25) is 0 Å². The van der Waals surface area contributed by atoms with Crippen LogP contribution in [-0.4, -0.2) is 15.7 Å². The Hall–Kier alpha value is -3.57. The van der Waals surface area contributed by atoms with E-state index in [1.54, 1.807) is 29.1 Å². The molecule has 0 fully saturated rings. The number of hydrogen-bond donors (Lipinski definition) is 1. The zero-order valence-corrected chi connectivity index (χ0v) is 16.9. The number of carbonyl (C=O) groups is 1. The fraction of sp³-hybridized carbons (Fsp3) is 0.0833. The molecular weight excluding hydrogens is 398 g/mol. The maximum absolute atomic E-state index is 12.6. The molecule has 3 aromatic carbocycles. The Bertz CT molecular complexity index is 1120. The molecule has 4 rings (SSSR count). The monoisotopic (exact) mass is 417 g/mol. The summed E-state index contributed by atoms with van der Waals surface area (Å²) in [7, 11) is 0. The van der Waals surface area contributed by atoms with Gasteiger partial charge in [-0.15, -0.1) is 0 Å². The minimum absolute atomic E-state index is 0.192. The van der Waals surface area contributed by atoms with Crippen LogP contribution in [0.3, 0.4) is 0 Å². The van der Waals surface area contributed by atoms with Gasteiger partial charge in [0.1, 0.15) is 12.4 Å². The molecule has 1 N–H and O–H groups in total. The predicted octanol–water partition coefficient (Wildman–Crippen LogP) is 5.42. The molecular formula is C24H20ClN3O2. The molecule has 0 aliphatic carbocycles. The molecule has 0 bridgehead atoms. The molecule has 4 aromatic rings. The molecule has 150 valence electrons. The van der Waals surface area contributed by atoms with Gasteiger partial charge in [-0.2, -0.15) is 5.10 Å². The lowest BCUT2D eigenvalue weighted by molar-refractivity contribution is 0.102. The summed E-state index contributed by atoms with van der Waals surface area (Å²) in [6.45, 7) is 1.01. The van der Waals surface area contributed by atoms with Crippen molar-refractivity contribution in [2.75, 3.05) is 5.32 Å². The first-order valence-corrected chi connectivity index (χ1v) is 9.88. The van der Waals surface area contributed by atoms with Crippen molar-refractivity contribution in [1.29, 1.82) is 0 Å². The second-order valence-electron chi connectivity index (χ2n) is 6.81. The zero-order valence-electron chi connectivity index (χ0n) is 16.2. The van der Waals surface area contributed by atoms with Crippen LogP contribution in [0, 0.1) is 0 Å². The van der Waals surface area contributed by atoms with E-state index < -0.39 is 0 Å². The molecule has 5 nitrogen and oxygen atoms in total. The molecule has 0 saturated carbocycles. The van der Waals surface area contributed by atoms with Gasteiger partial charge in [-0.05, 0) is 47.5 Å². The van der Waals surface area contributed by atoms with Gasteiger partial charge in [0.05, 0.1) is 18.4 Å². The summed E-state index contributed by atoms with van der Waals surface area (Å²) >= 11 is 5.89. The Morgan fingerprint density at radius 1 is 0.967 bits per heavy atom. The Balaban J connectivity index is 1.36. The lowest BCUT2D eigenvalue weighted by Gasteiger charge is -2.08. The maximum Gasteiger partial charge on any atom is 0.255 e. The van der Waals surface area contributed by atoms with Crippen molar-refractivity contribution >= 4 is 23.2 Å². The molecule has 0 unspecified atom stereocenters. The number of amides is 1. The maximum atomic E-state index is 12.6. The van der Waals surface area contributed by atoms with Gasteiger partial charge >= 0.3 is 0 Å². The Kier molecular flexibility index (Phi) is 6.11. The third-order valence-electron chi connectivity index (χ3n) is 4.49. The summed E-state index contributed by atoms with van der Waals surface area (Å²) in [6.07, 6.45) is 3.47. The number of benzene rings is 3. The van der Waals surface area contributed by atoms with E-state index in [9.17, 15) is 4.79 Å². The summed E-state index contributed by atoms with van der Waals surface area (Å²) in [6, 6.07) is 24.6. The van der Waals surface area contributed by atoms with Gasteiger partial charge in [-0.1, -0.05) is 54.1 Å². The molecule has 0 atom stereocenters. The Morgan fingerprint density at radius 3 is 2.53 bits per heavy atom. The highest BCUT2D eigenvalue weighted by Gasteiger charge is 2.09. The van der Waals surface area contributed by atoms with E-state index >= 15 is 0 Å². The van der Waals surface area contributed by atoms with Crippen molar-refractivity contribution in [2.24, 2.45) is 0 Å². The molecule has 0 saturated heterocycles. The number of aromatic nitrogens is 2. The summed E-state index contributed by atoms with van der Waals surface area (Å²) in [5.41, 5.74) is 3.26. The highest BCUT2D eigenvalue weighted by Crippen LogP contribution is 2.18. The van der Waals surface area contributed by atoms with E-state index in [4.69, 9.17) is 16.3 Å². The molecule has 6 heteroatoms. The van der Waals surface area contributed by atoms with Crippen LogP contribution in [0.4, 0.5) is 5.69 Å². The summed E-state index contributed by atoms with van der Waals surface area (Å²) in [5.74, 6) is 0.530. The average Bonchev–Trinajstić information content (AvgIpc) is 3.21. The fourth-order valence-corrected chi connectivity index (χ4v) is 3.11. The standard InChI is InChI=1S/C24H20ClN3O2/c25-21-9-11-23(12-10-21)30-17-19-7-4-8-20(13-19)24(29)27-22-14-26-28(16-22)15-18-5-2-1-3-6-18/h1-14,16H,15,17H2,(H,27,29). The first kappa shape index (κ1) is 19.7. The minimum Gasteiger partial charge on any atom is -0.489 e. The van der Waals surface area contributed by atoms with E-state index in [0.29, 0.717) is 29.4 Å². The molecule has 1 heterocycles. The van der Waals surface area contributed by atoms with Crippen molar-refractivity contribution in [3.8, 4) is 5.75 Å². The van der Waals surface area contributed by atoms with Crippen molar-refractivity contribution < 1.29 is 9.53 Å². The summed E-state index contributed by atoms with van der Waals surface area (Å²) in [4.78, 5) is 12.6. The number of anilines is 1. The number of nitrogens with zero attached hydrogens (tertiary/aromatic N) is 2. The molecule has 0 spiro atoms. The van der Waals surface area contributed by atoms with Gasteiger partial charge in [0.25, 0.3) is 5.91 Å². The van der Waals surface area contributed by atoms with Crippen molar-refractivity contribution in [1.82, 2.24) is 9.78 Å². The molecule has 0 aliphatic heterocycles. The quantitative estimate of drug-likeness (QED) is 0.437. The van der Waals surface area contributed by atoms with Gasteiger partial charge < -0.3 is 10.1 Å². The fourth-order valence-electron chi connectivity index (χ4n) is 2.99. The average molecular weight is 418 g/mol. The molecule has 1 amide bonds. The van der Waals surface area contributed by atoms with Crippen molar-refractivity contribution in [3.63, 3.8) is 0 Å². The second kappa shape index (κ2) is 9.29. The zero-order chi connectivity index (χ0) is 20.8. The van der Waals surface area contributed by atoms with Gasteiger partial charge in [0.15, 0.2) is 0 Å². The van der Waals surface area contributed by atoms with Gasteiger partial charge in [-0.3, -0.25) is 9.48 Å². The van der Waals surface area contributed by atoms with E-state index in [0.717, 1.165) is 16.9 Å². The van der Waals surface area contributed by atoms with E-state index in [1.807, 2.05) is 66.9 Å². The molecule has 1 aromatic heterocycles. The first-order chi connectivity index (χ1) is 14.7. The predicted molar refractivity (Wildman–Crippen MR) is 118 cm³/mol. The summed E-state index contributed by atoms with van der Waals surface area (Å²) < 4.78 is 7.55. The van der Waals surface area contributed by atoms with Crippen molar-refractivity contribution in [3.05, 3.63) is 113 Å². The largest absolute Gasteiger partial charge is 0.489 e. The molecule has 30 heavy (non-hydrogen) atoms. The van der Waals surface area contributed by atoms with Crippen LogP contribution in [0.25, 0.3) is 0 Å². The van der Waals surface area contributed by atoms with Crippen molar-refractivity contribution in [2.45, 2.75) is 13.2 Å². The third kappa shape index (κ3) is 5.27. The first-order valence-electron chi connectivity index (χ1n) is 9.51. The highest BCUT2D eigenvalue weighted by atomic mass is 35.5. The number of carbonyl (C=O) groups excluding carboxylic acids is 1. The van der Waals surface area contributed by atoms with Crippen LogP contribution in [0.2, 0.25) is 5.02 Å². The number of rotatable bonds is 7. The van der Waals surface area contributed by atoms with Crippen LogP contribution in [0.15, 0.2) is 91.3 Å². The highest BCUT2D eigenvalue weighted by molar-refractivity contribution is 6.30. The Labute approximate surface area is 179 Å². The topological polar surface area (TPSA) is 56.2 Å².